The van der Waals surface area contributed by atoms with E-state index < -0.39 is 12.1 Å². The van der Waals surface area contributed by atoms with Crippen LogP contribution in [0.15, 0.2) is 30.3 Å². The average molecular weight is 207 g/mol. The van der Waals surface area contributed by atoms with Crippen LogP contribution in [0.25, 0.3) is 0 Å². The van der Waals surface area contributed by atoms with E-state index in [1.807, 2.05) is 30.3 Å². The van der Waals surface area contributed by atoms with Gasteiger partial charge in [-0.05, 0) is 12.5 Å². The van der Waals surface area contributed by atoms with E-state index in [-0.39, 0.29) is 12.2 Å². The zero-order chi connectivity index (χ0) is 11.3. The van der Waals surface area contributed by atoms with E-state index in [1.54, 1.807) is 6.92 Å². The lowest BCUT2D eigenvalue weighted by atomic mass is 10.1. The van der Waals surface area contributed by atoms with Crippen molar-refractivity contribution in [2.45, 2.75) is 19.4 Å². The third kappa shape index (κ3) is 3.81. The van der Waals surface area contributed by atoms with Crippen molar-refractivity contribution in [1.82, 2.24) is 5.32 Å². The number of carbonyl (C=O) groups is 2. The summed E-state index contributed by atoms with van der Waals surface area (Å²) in [5.41, 5.74) is 0.890. The van der Waals surface area contributed by atoms with E-state index in [9.17, 15) is 9.59 Å². The number of ketones is 1. The predicted molar refractivity (Wildman–Crippen MR) is 55.8 cm³/mol. The van der Waals surface area contributed by atoms with Crippen molar-refractivity contribution in [3.8, 4) is 0 Å². The van der Waals surface area contributed by atoms with Crippen molar-refractivity contribution >= 4 is 11.9 Å². The van der Waals surface area contributed by atoms with Gasteiger partial charge in [-0.15, -0.1) is 0 Å². The molecule has 1 atom stereocenters. The minimum atomic E-state index is -1.18. The third-order valence-corrected chi connectivity index (χ3v) is 2.04. The molecule has 15 heavy (non-hydrogen) atoms. The van der Waals surface area contributed by atoms with Gasteiger partial charge in [-0.1, -0.05) is 30.3 Å². The number of Topliss-reactive ketones (excluding diaryl/α,β-unsaturated/α-hetero) is 1. The molecule has 0 radical (unpaired) electrons. The van der Waals surface area contributed by atoms with Crippen LogP contribution in [0.3, 0.4) is 0 Å². The van der Waals surface area contributed by atoms with Gasteiger partial charge in [-0.3, -0.25) is 4.79 Å². The van der Waals surface area contributed by atoms with Crippen molar-refractivity contribution in [3.63, 3.8) is 0 Å². The monoisotopic (exact) mass is 207 g/mol. The molecule has 1 rings (SSSR count). The molecular formula is C11H13NO3. The Balaban J connectivity index is 2.52. The number of hydrogen-bond acceptors (Lipinski definition) is 2. The van der Waals surface area contributed by atoms with Gasteiger partial charge in [-0.25, -0.2) is 4.79 Å². The number of carbonyl (C=O) groups excluding carboxylic acids is 1. The second-order valence-corrected chi connectivity index (χ2v) is 3.30. The Labute approximate surface area is 87.9 Å². The number of nitrogens with one attached hydrogen (secondary N) is 1. The van der Waals surface area contributed by atoms with Crippen molar-refractivity contribution in [3.05, 3.63) is 35.9 Å². The largest absolute Gasteiger partial charge is 0.465 e. The molecule has 0 fully saturated rings. The molecule has 4 nitrogen and oxygen atoms in total. The number of hydrogen-bond donors (Lipinski definition) is 2. The van der Waals surface area contributed by atoms with Gasteiger partial charge < -0.3 is 10.4 Å². The molecule has 80 valence electrons. The Morgan fingerprint density at radius 1 is 1.33 bits per heavy atom. The van der Waals surface area contributed by atoms with Gasteiger partial charge in [0.05, 0.1) is 6.04 Å². The Bertz CT molecular complexity index is 348. The SMILES string of the molecule is C[C@@H](NC(=O)O)C(=O)Cc1ccccc1. The lowest BCUT2D eigenvalue weighted by Gasteiger charge is -2.09. The molecule has 1 aromatic carbocycles. The molecule has 0 bridgehead atoms. The molecule has 1 aromatic rings. The minimum Gasteiger partial charge on any atom is -0.465 e. The maximum Gasteiger partial charge on any atom is 0.405 e. The number of amides is 1. The molecular weight excluding hydrogens is 194 g/mol. The van der Waals surface area contributed by atoms with Gasteiger partial charge in [0.2, 0.25) is 0 Å². The molecule has 1 amide bonds. The highest BCUT2D eigenvalue weighted by molar-refractivity contribution is 5.88. The van der Waals surface area contributed by atoms with E-state index in [0.717, 1.165) is 5.56 Å². The van der Waals surface area contributed by atoms with Crippen LogP contribution in [0, 0.1) is 0 Å². The van der Waals surface area contributed by atoms with Gasteiger partial charge in [-0.2, -0.15) is 0 Å². The standard InChI is InChI=1S/C11H13NO3/c1-8(12-11(14)15)10(13)7-9-5-3-2-4-6-9/h2-6,8,12H,7H2,1H3,(H,14,15)/t8-/m1/s1. The van der Waals surface area contributed by atoms with Gasteiger partial charge in [0.25, 0.3) is 0 Å². The number of carboxylic acid groups (broad SMARTS) is 1. The van der Waals surface area contributed by atoms with Crippen molar-refractivity contribution in [2.75, 3.05) is 0 Å². The topological polar surface area (TPSA) is 66.4 Å². The molecule has 0 spiro atoms. The Morgan fingerprint density at radius 3 is 2.47 bits per heavy atom. The van der Waals surface area contributed by atoms with E-state index in [4.69, 9.17) is 5.11 Å². The van der Waals surface area contributed by atoms with Gasteiger partial charge in [0.1, 0.15) is 0 Å². The van der Waals surface area contributed by atoms with Crippen LogP contribution >= 0.6 is 0 Å². The van der Waals surface area contributed by atoms with E-state index in [1.165, 1.54) is 0 Å². The van der Waals surface area contributed by atoms with Crippen molar-refractivity contribution in [1.29, 1.82) is 0 Å². The first-order valence-corrected chi connectivity index (χ1v) is 4.65. The molecule has 0 saturated carbocycles. The molecule has 4 heteroatoms. The zero-order valence-corrected chi connectivity index (χ0v) is 8.43. The fourth-order valence-corrected chi connectivity index (χ4v) is 1.22. The highest BCUT2D eigenvalue weighted by Gasteiger charge is 2.14. The summed E-state index contributed by atoms with van der Waals surface area (Å²) < 4.78 is 0. The summed E-state index contributed by atoms with van der Waals surface area (Å²) >= 11 is 0. The molecule has 0 saturated heterocycles. The van der Waals surface area contributed by atoms with Crippen LogP contribution in [-0.2, 0) is 11.2 Å². The van der Waals surface area contributed by atoms with Crippen LogP contribution < -0.4 is 5.32 Å². The van der Waals surface area contributed by atoms with Crippen molar-refractivity contribution < 1.29 is 14.7 Å². The smallest absolute Gasteiger partial charge is 0.405 e. The molecule has 0 aliphatic carbocycles. The lowest BCUT2D eigenvalue weighted by molar-refractivity contribution is -0.119. The van der Waals surface area contributed by atoms with Crippen LogP contribution in [0.2, 0.25) is 0 Å². The highest BCUT2D eigenvalue weighted by atomic mass is 16.4. The quantitative estimate of drug-likeness (QED) is 0.785. The molecule has 2 N–H and O–H groups in total. The summed E-state index contributed by atoms with van der Waals surface area (Å²) in [7, 11) is 0. The maximum atomic E-state index is 11.5. The average Bonchev–Trinajstić information content (AvgIpc) is 2.18. The molecule has 0 aliphatic heterocycles. The molecule has 0 heterocycles. The fraction of sp³-hybridized carbons (Fsp3) is 0.273. The minimum absolute atomic E-state index is 0.136. The molecule has 0 unspecified atom stereocenters. The Kier molecular flexibility index (Phi) is 3.85. The Morgan fingerprint density at radius 2 is 1.93 bits per heavy atom. The second-order valence-electron chi connectivity index (χ2n) is 3.30. The van der Waals surface area contributed by atoms with E-state index >= 15 is 0 Å². The van der Waals surface area contributed by atoms with E-state index in [2.05, 4.69) is 5.32 Å². The lowest BCUT2D eigenvalue weighted by Crippen LogP contribution is -2.38. The van der Waals surface area contributed by atoms with Gasteiger partial charge in [0, 0.05) is 6.42 Å². The summed E-state index contributed by atoms with van der Waals surface area (Å²) in [6.45, 7) is 1.54. The third-order valence-electron chi connectivity index (χ3n) is 2.04. The second kappa shape index (κ2) is 5.14. The summed E-state index contributed by atoms with van der Waals surface area (Å²) in [4.78, 5) is 21.8. The predicted octanol–water partition coefficient (Wildman–Crippen LogP) is 1.45. The summed E-state index contributed by atoms with van der Waals surface area (Å²) in [5.74, 6) is -0.136. The first kappa shape index (κ1) is 11.2. The number of rotatable bonds is 4. The first-order valence-electron chi connectivity index (χ1n) is 4.65. The normalized spacial score (nSPS) is 11.8. The van der Waals surface area contributed by atoms with Crippen LogP contribution in [0.1, 0.15) is 12.5 Å². The zero-order valence-electron chi connectivity index (χ0n) is 8.43. The Hall–Kier alpha value is -1.84. The molecule has 0 aromatic heterocycles. The summed E-state index contributed by atoms with van der Waals surface area (Å²) in [5, 5.41) is 10.6. The van der Waals surface area contributed by atoms with Gasteiger partial charge >= 0.3 is 6.09 Å². The van der Waals surface area contributed by atoms with E-state index in [0.29, 0.717) is 0 Å². The summed E-state index contributed by atoms with van der Waals surface area (Å²) in [6, 6.07) is 8.57. The van der Waals surface area contributed by atoms with Gasteiger partial charge in [0.15, 0.2) is 5.78 Å². The van der Waals surface area contributed by atoms with Crippen LogP contribution in [0.5, 0.6) is 0 Å². The number of benzene rings is 1. The fourth-order valence-electron chi connectivity index (χ4n) is 1.22. The highest BCUT2D eigenvalue weighted by Crippen LogP contribution is 2.01. The van der Waals surface area contributed by atoms with Crippen LogP contribution in [0.4, 0.5) is 4.79 Å². The first-order chi connectivity index (χ1) is 7.09. The molecule has 0 aliphatic rings. The maximum absolute atomic E-state index is 11.5. The van der Waals surface area contributed by atoms with Crippen LogP contribution in [-0.4, -0.2) is 23.0 Å². The summed E-state index contributed by atoms with van der Waals surface area (Å²) in [6.07, 6.45) is -0.925. The van der Waals surface area contributed by atoms with Crippen molar-refractivity contribution in [2.24, 2.45) is 0 Å².